The van der Waals surface area contributed by atoms with Crippen LogP contribution in [0, 0.1) is 0 Å². The lowest BCUT2D eigenvalue weighted by molar-refractivity contribution is 0.0695. The van der Waals surface area contributed by atoms with E-state index in [2.05, 4.69) is 16.0 Å². The van der Waals surface area contributed by atoms with E-state index in [9.17, 15) is 4.79 Å². The predicted octanol–water partition coefficient (Wildman–Crippen LogP) is 3.00. The highest BCUT2D eigenvalue weighted by molar-refractivity contribution is 5.99. The van der Waals surface area contributed by atoms with Crippen LogP contribution in [0.3, 0.4) is 0 Å². The van der Waals surface area contributed by atoms with Gasteiger partial charge in [-0.05, 0) is 37.8 Å². The number of carbonyl (C=O) groups is 1. The van der Waals surface area contributed by atoms with Crippen molar-refractivity contribution in [1.82, 2.24) is 14.3 Å². The number of hydrogen-bond donors (Lipinski definition) is 0. The molecule has 2 fully saturated rings. The Balaban J connectivity index is 1.72. The topological polar surface area (TPSA) is 37.6 Å². The molecule has 1 amide bonds. The molecule has 0 N–H and O–H groups in total. The summed E-state index contributed by atoms with van der Waals surface area (Å²) in [5, 5.41) is 0. The molecule has 0 unspecified atom stereocenters. The van der Waals surface area contributed by atoms with Gasteiger partial charge in [-0.25, -0.2) is 4.98 Å². The molecule has 0 bridgehead atoms. The van der Waals surface area contributed by atoms with Crippen LogP contribution in [0.1, 0.15) is 47.9 Å². The summed E-state index contributed by atoms with van der Waals surface area (Å²) in [6.07, 6.45) is 6.21. The summed E-state index contributed by atoms with van der Waals surface area (Å²) in [5.74, 6) is 1.60. The van der Waals surface area contributed by atoms with Crippen LogP contribution < -0.4 is 0 Å². The lowest BCUT2D eigenvalue weighted by atomic mass is 9.86. The number of nitrogens with zero attached hydrogens (tertiary/aromatic N) is 3. The Bertz CT molecular complexity index is 734. The molecule has 0 spiro atoms. The zero-order chi connectivity index (χ0) is 14.6. The van der Waals surface area contributed by atoms with E-state index in [1.165, 1.54) is 18.4 Å². The molecule has 0 aliphatic heterocycles. The molecule has 0 radical (unpaired) electrons. The summed E-state index contributed by atoms with van der Waals surface area (Å²) < 4.78 is 2.08. The van der Waals surface area contributed by atoms with Gasteiger partial charge < -0.3 is 9.30 Å². The van der Waals surface area contributed by atoms with Crippen molar-refractivity contribution in [2.24, 2.45) is 0 Å². The van der Waals surface area contributed by atoms with Crippen LogP contribution in [0.15, 0.2) is 36.5 Å². The van der Waals surface area contributed by atoms with Gasteiger partial charge in [0.2, 0.25) is 0 Å². The minimum absolute atomic E-state index is 0.0306. The van der Waals surface area contributed by atoms with Gasteiger partial charge in [-0.3, -0.25) is 4.79 Å². The number of amides is 1. The third kappa shape index (κ3) is 1.97. The molecule has 4 rings (SSSR count). The van der Waals surface area contributed by atoms with Gasteiger partial charge in [0.25, 0.3) is 5.91 Å². The third-order valence-corrected chi connectivity index (χ3v) is 4.64. The molecular weight excluding hydrogens is 262 g/mol. The van der Waals surface area contributed by atoms with Crippen LogP contribution in [0.25, 0.3) is 5.52 Å². The summed E-state index contributed by atoms with van der Waals surface area (Å²) in [6, 6.07) is 6.24. The molecule has 2 aliphatic rings. The second kappa shape index (κ2) is 4.45. The number of aromatic nitrogens is 2. The van der Waals surface area contributed by atoms with Crippen LogP contribution in [0.5, 0.6) is 0 Å². The molecule has 0 saturated heterocycles. The fourth-order valence-electron chi connectivity index (χ4n) is 3.06. The number of pyridine rings is 1. The van der Waals surface area contributed by atoms with Gasteiger partial charge in [-0.15, -0.1) is 0 Å². The van der Waals surface area contributed by atoms with E-state index >= 15 is 0 Å². The Morgan fingerprint density at radius 3 is 2.81 bits per heavy atom. The van der Waals surface area contributed by atoms with Gasteiger partial charge in [-0.1, -0.05) is 18.2 Å². The second-order valence-electron chi connectivity index (χ2n) is 6.28. The summed E-state index contributed by atoms with van der Waals surface area (Å²) >= 11 is 0. The Morgan fingerprint density at radius 2 is 2.14 bits per heavy atom. The molecule has 4 heteroatoms. The zero-order valence-corrected chi connectivity index (χ0v) is 12.2. The molecular formula is C17H19N3O. The van der Waals surface area contributed by atoms with E-state index in [0.717, 1.165) is 24.2 Å². The SMILES string of the molecule is C=C1CC(N(C)C(=O)c2nc(C3CC3)n3ccccc23)C1. The van der Waals surface area contributed by atoms with Gasteiger partial charge in [0.1, 0.15) is 5.82 Å². The highest BCUT2D eigenvalue weighted by Gasteiger charge is 2.34. The normalized spacial score (nSPS) is 18.8. The van der Waals surface area contributed by atoms with Crippen molar-refractivity contribution in [3.8, 4) is 0 Å². The van der Waals surface area contributed by atoms with Crippen LogP contribution in [-0.4, -0.2) is 33.3 Å². The monoisotopic (exact) mass is 281 g/mol. The summed E-state index contributed by atoms with van der Waals surface area (Å²) in [5.41, 5.74) is 2.75. The number of imidazole rings is 1. The quantitative estimate of drug-likeness (QED) is 0.811. The molecule has 0 aromatic carbocycles. The van der Waals surface area contributed by atoms with Crippen molar-refractivity contribution in [3.05, 3.63) is 48.1 Å². The minimum Gasteiger partial charge on any atom is -0.337 e. The third-order valence-electron chi connectivity index (χ3n) is 4.64. The van der Waals surface area contributed by atoms with Crippen molar-refractivity contribution in [3.63, 3.8) is 0 Å². The van der Waals surface area contributed by atoms with Crippen molar-refractivity contribution in [1.29, 1.82) is 0 Å². The van der Waals surface area contributed by atoms with Gasteiger partial charge in [0, 0.05) is 25.2 Å². The standard InChI is InChI=1S/C17H19N3O/c1-11-9-13(10-11)19(2)17(21)15-14-5-3-4-8-20(14)16(18-15)12-6-7-12/h3-5,8,12-13H,1,6-7,9-10H2,2H3. The molecule has 0 atom stereocenters. The van der Waals surface area contributed by atoms with Crippen LogP contribution in [0.4, 0.5) is 0 Å². The maximum Gasteiger partial charge on any atom is 0.274 e. The van der Waals surface area contributed by atoms with E-state index in [-0.39, 0.29) is 11.9 Å². The molecule has 2 aromatic heterocycles. The smallest absolute Gasteiger partial charge is 0.274 e. The molecule has 2 aliphatic carbocycles. The largest absolute Gasteiger partial charge is 0.337 e. The van der Waals surface area contributed by atoms with Crippen molar-refractivity contribution >= 4 is 11.4 Å². The van der Waals surface area contributed by atoms with Crippen LogP contribution >= 0.6 is 0 Å². The van der Waals surface area contributed by atoms with Crippen LogP contribution in [0.2, 0.25) is 0 Å². The zero-order valence-electron chi connectivity index (χ0n) is 12.2. The van der Waals surface area contributed by atoms with Crippen molar-refractivity contribution < 1.29 is 4.79 Å². The Morgan fingerprint density at radius 1 is 1.38 bits per heavy atom. The van der Waals surface area contributed by atoms with E-state index < -0.39 is 0 Å². The maximum absolute atomic E-state index is 12.8. The van der Waals surface area contributed by atoms with Gasteiger partial charge in [0.15, 0.2) is 5.69 Å². The molecule has 2 saturated carbocycles. The molecule has 2 aromatic rings. The van der Waals surface area contributed by atoms with Crippen LogP contribution in [-0.2, 0) is 0 Å². The average molecular weight is 281 g/mol. The van der Waals surface area contributed by atoms with Gasteiger partial charge in [-0.2, -0.15) is 0 Å². The van der Waals surface area contributed by atoms with Crippen molar-refractivity contribution in [2.45, 2.75) is 37.6 Å². The lowest BCUT2D eigenvalue weighted by Crippen LogP contribution is -2.42. The summed E-state index contributed by atoms with van der Waals surface area (Å²) in [6.45, 7) is 3.95. The first kappa shape index (κ1) is 12.6. The summed E-state index contributed by atoms with van der Waals surface area (Å²) in [7, 11) is 1.88. The number of hydrogen-bond acceptors (Lipinski definition) is 2. The van der Waals surface area contributed by atoms with Gasteiger partial charge >= 0.3 is 0 Å². The first-order valence-electron chi connectivity index (χ1n) is 7.56. The first-order chi connectivity index (χ1) is 10.1. The molecule has 2 heterocycles. The molecule has 21 heavy (non-hydrogen) atoms. The predicted molar refractivity (Wildman–Crippen MR) is 81.4 cm³/mol. The molecule has 4 nitrogen and oxygen atoms in total. The first-order valence-corrected chi connectivity index (χ1v) is 7.56. The Hall–Kier alpha value is -2.10. The number of fused-ring (bicyclic) bond motifs is 1. The minimum atomic E-state index is 0.0306. The lowest BCUT2D eigenvalue weighted by Gasteiger charge is -2.36. The van der Waals surface area contributed by atoms with E-state index in [0.29, 0.717) is 11.6 Å². The van der Waals surface area contributed by atoms with E-state index in [4.69, 9.17) is 0 Å². The highest BCUT2D eigenvalue weighted by Crippen LogP contribution is 2.40. The van der Waals surface area contributed by atoms with E-state index in [1.54, 1.807) is 0 Å². The Kier molecular flexibility index (Phi) is 2.67. The molecule has 108 valence electrons. The second-order valence-corrected chi connectivity index (χ2v) is 6.28. The van der Waals surface area contributed by atoms with Gasteiger partial charge in [0.05, 0.1) is 5.52 Å². The number of rotatable bonds is 3. The summed E-state index contributed by atoms with van der Waals surface area (Å²) in [4.78, 5) is 19.3. The Labute approximate surface area is 124 Å². The number of carbonyl (C=O) groups excluding carboxylic acids is 1. The fourth-order valence-corrected chi connectivity index (χ4v) is 3.06. The average Bonchev–Trinajstić information content (AvgIpc) is 3.23. The van der Waals surface area contributed by atoms with E-state index in [1.807, 2.05) is 36.3 Å². The highest BCUT2D eigenvalue weighted by atomic mass is 16.2. The fraction of sp³-hybridized carbons (Fsp3) is 0.412. The maximum atomic E-state index is 12.8. The van der Waals surface area contributed by atoms with Crippen molar-refractivity contribution in [2.75, 3.05) is 7.05 Å².